The molecule has 0 aromatic carbocycles. The van der Waals surface area contributed by atoms with Crippen LogP contribution in [0.25, 0.3) is 0 Å². The van der Waals surface area contributed by atoms with Crippen molar-refractivity contribution < 1.29 is 0 Å². The van der Waals surface area contributed by atoms with Crippen molar-refractivity contribution in [3.05, 3.63) is 29.3 Å². The Balaban J connectivity index is 1.58. The van der Waals surface area contributed by atoms with Gasteiger partial charge in [-0.15, -0.1) is 23.5 Å². The predicted octanol–water partition coefficient (Wildman–Crippen LogP) is 5.66. The van der Waals surface area contributed by atoms with E-state index in [4.69, 9.17) is 0 Å². The zero-order chi connectivity index (χ0) is 13.7. The molecule has 3 aliphatic rings. The van der Waals surface area contributed by atoms with Crippen LogP contribution in [0.2, 0.25) is 0 Å². The van der Waals surface area contributed by atoms with Crippen LogP contribution in [-0.2, 0) is 0 Å². The molecule has 2 nitrogen and oxygen atoms in total. The third kappa shape index (κ3) is 2.56. The normalized spacial score (nSPS) is 28.9. The van der Waals surface area contributed by atoms with E-state index in [2.05, 4.69) is 23.8 Å². The summed E-state index contributed by atoms with van der Waals surface area (Å²) in [5.74, 6) is 0. The Morgan fingerprint density at radius 1 is 0.700 bits per heavy atom. The van der Waals surface area contributed by atoms with Crippen molar-refractivity contribution in [2.45, 2.75) is 34.4 Å². The highest BCUT2D eigenvalue weighted by molar-refractivity contribution is 8.42. The third-order valence-corrected chi connectivity index (χ3v) is 12.1. The minimum absolute atomic E-state index is 0.695. The number of hydrogen-bond acceptors (Lipinski definition) is 8. The van der Waals surface area contributed by atoms with Crippen LogP contribution in [0.4, 0.5) is 0 Å². The van der Waals surface area contributed by atoms with Crippen molar-refractivity contribution in [3.63, 3.8) is 0 Å². The quantitative estimate of drug-likeness (QED) is 0.573. The molecule has 4 heterocycles. The van der Waals surface area contributed by atoms with Crippen molar-refractivity contribution in [3.8, 4) is 0 Å². The number of hydrogen-bond donors (Lipinski definition) is 0. The van der Waals surface area contributed by atoms with E-state index < -0.39 is 0 Å². The van der Waals surface area contributed by atoms with Crippen LogP contribution in [0.5, 0.6) is 0 Å². The number of rotatable bonds is 0. The standard InChI is InChI=1S/C12H10N2S6/c1-5-6(2)16-10-9(15-5)19-12(20-10)11-17-7-8(18-11)14-4-3-13-7/h3-6H,1-2H3/t5-,6-/m1/s1. The number of aromatic nitrogens is 2. The number of nitrogens with zero attached hydrogens (tertiary/aromatic N) is 2. The first-order chi connectivity index (χ1) is 9.70. The molecular formula is C12H10N2S6. The van der Waals surface area contributed by atoms with Crippen LogP contribution in [0, 0.1) is 0 Å². The van der Waals surface area contributed by atoms with Crippen LogP contribution in [0.3, 0.4) is 0 Å². The highest BCUT2D eigenvalue weighted by Crippen LogP contribution is 2.66. The molecule has 0 N–H and O–H groups in total. The average Bonchev–Trinajstić information content (AvgIpc) is 3.02. The van der Waals surface area contributed by atoms with E-state index in [1.54, 1.807) is 35.9 Å². The Morgan fingerprint density at radius 2 is 1.15 bits per heavy atom. The molecule has 104 valence electrons. The van der Waals surface area contributed by atoms with Crippen molar-refractivity contribution >= 4 is 70.6 Å². The molecule has 20 heavy (non-hydrogen) atoms. The molecule has 1 aromatic heterocycles. The molecule has 3 aliphatic heterocycles. The number of thioether (sulfide) groups is 6. The Bertz CT molecular complexity index is 590. The van der Waals surface area contributed by atoms with Gasteiger partial charge in [0.15, 0.2) is 0 Å². The lowest BCUT2D eigenvalue weighted by molar-refractivity contribution is 0.930. The van der Waals surface area contributed by atoms with Gasteiger partial charge in [-0.05, 0) is 0 Å². The topological polar surface area (TPSA) is 25.8 Å². The second-order valence-corrected chi connectivity index (χ2v) is 12.2. The molecular weight excluding hydrogens is 365 g/mol. The zero-order valence-electron chi connectivity index (χ0n) is 10.7. The van der Waals surface area contributed by atoms with Crippen molar-refractivity contribution in [1.82, 2.24) is 9.97 Å². The monoisotopic (exact) mass is 374 g/mol. The predicted molar refractivity (Wildman–Crippen MR) is 97.1 cm³/mol. The molecule has 0 bridgehead atoms. The smallest absolute Gasteiger partial charge is 0.134 e. The van der Waals surface area contributed by atoms with E-state index in [0.29, 0.717) is 10.5 Å². The summed E-state index contributed by atoms with van der Waals surface area (Å²) < 4.78 is 5.74. The fourth-order valence-electron chi connectivity index (χ4n) is 1.76. The summed E-state index contributed by atoms with van der Waals surface area (Å²) in [6.45, 7) is 4.65. The molecule has 0 amide bonds. The van der Waals surface area contributed by atoms with Gasteiger partial charge in [0, 0.05) is 22.9 Å². The van der Waals surface area contributed by atoms with E-state index in [9.17, 15) is 0 Å². The lowest BCUT2D eigenvalue weighted by Gasteiger charge is -2.24. The van der Waals surface area contributed by atoms with Gasteiger partial charge in [0.05, 0.1) is 16.9 Å². The average molecular weight is 375 g/mol. The fraction of sp³-hybridized carbons (Fsp3) is 0.333. The second-order valence-electron chi connectivity index (χ2n) is 4.37. The minimum Gasteiger partial charge on any atom is -0.245 e. The van der Waals surface area contributed by atoms with Crippen molar-refractivity contribution in [2.24, 2.45) is 0 Å². The van der Waals surface area contributed by atoms with Gasteiger partial charge in [0.25, 0.3) is 0 Å². The zero-order valence-corrected chi connectivity index (χ0v) is 15.6. The van der Waals surface area contributed by atoms with E-state index >= 15 is 0 Å². The molecule has 0 saturated carbocycles. The molecule has 1 aromatic rings. The van der Waals surface area contributed by atoms with Gasteiger partial charge in [-0.25, -0.2) is 9.97 Å². The maximum atomic E-state index is 4.40. The molecule has 4 rings (SSSR count). The first kappa shape index (κ1) is 14.3. The summed E-state index contributed by atoms with van der Waals surface area (Å²) >= 11 is 11.5. The molecule has 0 fully saturated rings. The summed E-state index contributed by atoms with van der Waals surface area (Å²) in [6.07, 6.45) is 3.54. The molecule has 0 radical (unpaired) electrons. The van der Waals surface area contributed by atoms with E-state index in [1.807, 2.05) is 47.0 Å². The van der Waals surface area contributed by atoms with Gasteiger partial charge >= 0.3 is 0 Å². The molecule has 0 spiro atoms. The minimum atomic E-state index is 0.695. The van der Waals surface area contributed by atoms with Gasteiger partial charge in [0.1, 0.15) is 10.1 Å². The van der Waals surface area contributed by atoms with E-state index in [-0.39, 0.29) is 0 Å². The van der Waals surface area contributed by atoms with Crippen molar-refractivity contribution in [2.75, 3.05) is 0 Å². The molecule has 0 saturated heterocycles. The summed E-state index contributed by atoms with van der Waals surface area (Å²) in [5.41, 5.74) is 0. The first-order valence-electron chi connectivity index (χ1n) is 6.05. The summed E-state index contributed by atoms with van der Waals surface area (Å²) in [7, 11) is 0. The Morgan fingerprint density at radius 3 is 1.65 bits per heavy atom. The van der Waals surface area contributed by atoms with Crippen LogP contribution >= 0.6 is 70.6 Å². The number of fused-ring (bicyclic) bond motifs is 1. The fourth-order valence-corrected chi connectivity index (χ4v) is 10.8. The Labute approximate surface area is 143 Å². The third-order valence-electron chi connectivity index (χ3n) is 2.96. The SMILES string of the molecule is C[C@H]1SC2=C(SC(=C3Sc4nccnc4S3)S2)S[C@@H]1C. The van der Waals surface area contributed by atoms with Gasteiger partial charge in [-0.3, -0.25) is 0 Å². The lowest BCUT2D eigenvalue weighted by atomic mass is 10.4. The van der Waals surface area contributed by atoms with Crippen molar-refractivity contribution in [1.29, 1.82) is 0 Å². The van der Waals surface area contributed by atoms with E-state index in [0.717, 1.165) is 10.1 Å². The van der Waals surface area contributed by atoms with Gasteiger partial charge in [-0.2, -0.15) is 0 Å². The van der Waals surface area contributed by atoms with Gasteiger partial charge in [-0.1, -0.05) is 60.9 Å². The van der Waals surface area contributed by atoms with Crippen LogP contribution < -0.4 is 0 Å². The highest BCUT2D eigenvalue weighted by Gasteiger charge is 2.35. The first-order valence-corrected chi connectivity index (χ1v) is 11.1. The molecule has 0 aliphatic carbocycles. The highest BCUT2D eigenvalue weighted by atomic mass is 32.3. The Hall–Kier alpha value is 0.660. The van der Waals surface area contributed by atoms with Gasteiger partial charge in [0.2, 0.25) is 0 Å². The largest absolute Gasteiger partial charge is 0.245 e. The summed E-state index contributed by atoms with van der Waals surface area (Å²) in [5, 5.41) is 3.49. The maximum Gasteiger partial charge on any atom is 0.134 e. The van der Waals surface area contributed by atoms with Crippen LogP contribution in [0.15, 0.2) is 39.4 Å². The maximum absolute atomic E-state index is 4.40. The van der Waals surface area contributed by atoms with Crippen LogP contribution in [0.1, 0.15) is 13.8 Å². The van der Waals surface area contributed by atoms with Crippen LogP contribution in [-0.4, -0.2) is 20.5 Å². The molecule has 8 heteroatoms. The second kappa shape index (κ2) is 5.70. The Kier molecular flexibility index (Phi) is 4.06. The van der Waals surface area contributed by atoms with Gasteiger partial charge < -0.3 is 0 Å². The summed E-state index contributed by atoms with van der Waals surface area (Å²) in [6, 6.07) is 0. The summed E-state index contributed by atoms with van der Waals surface area (Å²) in [4.78, 5) is 8.80. The van der Waals surface area contributed by atoms with E-state index in [1.165, 1.54) is 16.9 Å². The lowest BCUT2D eigenvalue weighted by Crippen LogP contribution is -2.14. The molecule has 0 unspecified atom stereocenters. The molecule has 2 atom stereocenters.